The van der Waals surface area contributed by atoms with Crippen LogP contribution in [0.3, 0.4) is 0 Å². The Morgan fingerprint density at radius 3 is 2.72 bits per heavy atom. The number of hydrogen-bond donors (Lipinski definition) is 1. The van der Waals surface area contributed by atoms with E-state index in [0.717, 1.165) is 17.8 Å². The van der Waals surface area contributed by atoms with Crippen molar-refractivity contribution in [3.05, 3.63) is 29.3 Å². The third-order valence-electron chi connectivity index (χ3n) is 3.84. The molecule has 0 unspecified atom stereocenters. The molecule has 0 aromatic heterocycles. The van der Waals surface area contributed by atoms with Gasteiger partial charge in [-0.2, -0.15) is 17.0 Å². The number of nitrogens with one attached hydrogen (secondary N) is 1. The maximum atomic E-state index is 9.13. The summed E-state index contributed by atoms with van der Waals surface area (Å²) in [6, 6.07) is 8.22. The van der Waals surface area contributed by atoms with Crippen molar-refractivity contribution < 1.29 is 0 Å². The lowest BCUT2D eigenvalue weighted by molar-refractivity contribution is 0.640. The molecule has 1 saturated carbocycles. The molecule has 18 heavy (non-hydrogen) atoms. The summed E-state index contributed by atoms with van der Waals surface area (Å²) in [5.74, 6) is 0. The fraction of sp³-hybridized carbons (Fsp3) is 0.533. The molecule has 0 amide bonds. The van der Waals surface area contributed by atoms with E-state index in [4.69, 9.17) is 5.26 Å². The van der Waals surface area contributed by atoms with Crippen LogP contribution >= 0.6 is 11.8 Å². The Morgan fingerprint density at radius 1 is 1.39 bits per heavy atom. The van der Waals surface area contributed by atoms with Gasteiger partial charge in [0.05, 0.1) is 11.3 Å². The lowest BCUT2D eigenvalue weighted by Gasteiger charge is -2.27. The van der Waals surface area contributed by atoms with Gasteiger partial charge in [-0.25, -0.2) is 0 Å². The van der Waals surface area contributed by atoms with Crippen LogP contribution in [0.1, 0.15) is 36.8 Å². The molecule has 1 aliphatic carbocycles. The molecule has 0 atom stereocenters. The van der Waals surface area contributed by atoms with Gasteiger partial charge in [0.1, 0.15) is 6.07 Å². The Bertz CT molecular complexity index is 456. The summed E-state index contributed by atoms with van der Waals surface area (Å²) in [5, 5.41) is 12.6. The van der Waals surface area contributed by atoms with Gasteiger partial charge in [-0.05, 0) is 43.7 Å². The molecule has 1 aromatic rings. The highest BCUT2D eigenvalue weighted by molar-refractivity contribution is 8.00. The molecule has 0 heterocycles. The smallest absolute Gasteiger partial charge is 0.101 e. The van der Waals surface area contributed by atoms with Gasteiger partial charge in [-0.3, -0.25) is 0 Å². The molecule has 1 aliphatic rings. The maximum absolute atomic E-state index is 9.13. The first-order valence-corrected chi connectivity index (χ1v) is 7.71. The van der Waals surface area contributed by atoms with Gasteiger partial charge in [0, 0.05) is 11.3 Å². The van der Waals surface area contributed by atoms with Crippen LogP contribution in [0.15, 0.2) is 18.2 Å². The van der Waals surface area contributed by atoms with E-state index in [9.17, 15) is 0 Å². The van der Waals surface area contributed by atoms with Crippen LogP contribution in [0.5, 0.6) is 0 Å². The third kappa shape index (κ3) is 2.81. The van der Waals surface area contributed by atoms with Gasteiger partial charge in [0.2, 0.25) is 0 Å². The average Bonchev–Trinajstić information content (AvgIpc) is 2.86. The molecule has 1 fully saturated rings. The van der Waals surface area contributed by atoms with Gasteiger partial charge in [0.15, 0.2) is 0 Å². The van der Waals surface area contributed by atoms with E-state index in [1.165, 1.54) is 31.2 Å². The molecular formula is C15H20N2S. The van der Waals surface area contributed by atoms with Crippen molar-refractivity contribution in [3.8, 4) is 6.07 Å². The Kier molecular flexibility index (Phi) is 4.19. The summed E-state index contributed by atoms with van der Waals surface area (Å²) >= 11 is 1.97. The van der Waals surface area contributed by atoms with Crippen molar-refractivity contribution in [2.24, 2.45) is 0 Å². The lowest BCUT2D eigenvalue weighted by Crippen LogP contribution is -2.30. The van der Waals surface area contributed by atoms with Crippen molar-refractivity contribution in [2.75, 3.05) is 18.1 Å². The number of aryl methyl sites for hydroxylation is 1. The van der Waals surface area contributed by atoms with Crippen molar-refractivity contribution in [2.45, 2.75) is 37.4 Å². The minimum absolute atomic E-state index is 0.371. The van der Waals surface area contributed by atoms with Crippen LogP contribution < -0.4 is 5.32 Å². The van der Waals surface area contributed by atoms with Crippen molar-refractivity contribution in [3.63, 3.8) is 0 Å². The highest BCUT2D eigenvalue weighted by atomic mass is 32.2. The Labute approximate surface area is 114 Å². The fourth-order valence-electron chi connectivity index (χ4n) is 2.63. The standard InChI is InChI=1S/C15H20N2S/c1-12-5-6-13(10-16)14(9-12)17-11-15(18-2)7-3-4-8-15/h5-6,9,17H,3-4,7-8,11H2,1-2H3. The summed E-state index contributed by atoms with van der Waals surface area (Å²) in [6.45, 7) is 3.03. The molecule has 0 saturated heterocycles. The second-order valence-corrected chi connectivity index (χ2v) is 6.38. The average molecular weight is 260 g/mol. The fourth-order valence-corrected chi connectivity index (χ4v) is 3.54. The van der Waals surface area contributed by atoms with Crippen LogP contribution in [-0.4, -0.2) is 17.5 Å². The van der Waals surface area contributed by atoms with Gasteiger partial charge in [-0.15, -0.1) is 0 Å². The van der Waals surface area contributed by atoms with E-state index >= 15 is 0 Å². The van der Waals surface area contributed by atoms with Crippen molar-refractivity contribution in [1.82, 2.24) is 0 Å². The number of anilines is 1. The summed E-state index contributed by atoms with van der Waals surface area (Å²) in [6.07, 6.45) is 7.45. The SMILES string of the molecule is CSC1(CNc2cc(C)ccc2C#N)CCCC1. The Morgan fingerprint density at radius 2 is 2.11 bits per heavy atom. The second kappa shape index (κ2) is 5.67. The molecule has 96 valence electrons. The number of thioether (sulfide) groups is 1. The number of nitriles is 1. The van der Waals surface area contributed by atoms with Crippen molar-refractivity contribution in [1.29, 1.82) is 5.26 Å². The van der Waals surface area contributed by atoms with Crippen LogP contribution in [0.25, 0.3) is 0 Å². The molecule has 0 radical (unpaired) electrons. The predicted molar refractivity (Wildman–Crippen MR) is 79.1 cm³/mol. The number of hydrogen-bond acceptors (Lipinski definition) is 3. The second-order valence-electron chi connectivity index (χ2n) is 5.11. The first-order valence-electron chi connectivity index (χ1n) is 6.49. The zero-order chi connectivity index (χ0) is 13.0. The normalized spacial score (nSPS) is 17.4. The minimum Gasteiger partial charge on any atom is -0.383 e. The zero-order valence-electron chi connectivity index (χ0n) is 11.1. The quantitative estimate of drug-likeness (QED) is 0.890. The van der Waals surface area contributed by atoms with Crippen LogP contribution in [0.4, 0.5) is 5.69 Å². The first-order chi connectivity index (χ1) is 8.69. The maximum Gasteiger partial charge on any atom is 0.101 e. The van der Waals surface area contributed by atoms with Gasteiger partial charge >= 0.3 is 0 Å². The molecule has 1 aromatic carbocycles. The van der Waals surface area contributed by atoms with E-state index in [0.29, 0.717) is 4.75 Å². The minimum atomic E-state index is 0.371. The van der Waals surface area contributed by atoms with Crippen LogP contribution in [0, 0.1) is 18.3 Å². The number of nitrogens with zero attached hydrogens (tertiary/aromatic N) is 1. The largest absolute Gasteiger partial charge is 0.383 e. The van der Waals surface area contributed by atoms with Crippen LogP contribution in [0.2, 0.25) is 0 Å². The van der Waals surface area contributed by atoms with Crippen molar-refractivity contribution >= 4 is 17.4 Å². The number of benzene rings is 1. The molecular weight excluding hydrogens is 240 g/mol. The van der Waals surface area contributed by atoms with E-state index in [2.05, 4.69) is 30.6 Å². The zero-order valence-corrected chi connectivity index (χ0v) is 11.9. The first kappa shape index (κ1) is 13.3. The predicted octanol–water partition coefficient (Wildman–Crippen LogP) is 3.95. The highest BCUT2D eigenvalue weighted by Gasteiger charge is 2.32. The van der Waals surface area contributed by atoms with Gasteiger partial charge in [0.25, 0.3) is 0 Å². The van der Waals surface area contributed by atoms with Crippen LogP contribution in [-0.2, 0) is 0 Å². The topological polar surface area (TPSA) is 35.8 Å². The molecule has 3 heteroatoms. The summed E-state index contributed by atoms with van der Waals surface area (Å²) < 4.78 is 0.371. The monoisotopic (exact) mass is 260 g/mol. The molecule has 0 aliphatic heterocycles. The molecule has 2 rings (SSSR count). The van der Waals surface area contributed by atoms with E-state index in [1.54, 1.807) is 0 Å². The molecule has 2 nitrogen and oxygen atoms in total. The lowest BCUT2D eigenvalue weighted by atomic mass is 10.1. The molecule has 0 bridgehead atoms. The van der Waals surface area contributed by atoms with E-state index in [-0.39, 0.29) is 0 Å². The third-order valence-corrected chi connectivity index (χ3v) is 5.26. The summed E-state index contributed by atoms with van der Waals surface area (Å²) in [7, 11) is 0. The van der Waals surface area contributed by atoms with Gasteiger partial charge < -0.3 is 5.32 Å². The summed E-state index contributed by atoms with van der Waals surface area (Å²) in [4.78, 5) is 0. The highest BCUT2D eigenvalue weighted by Crippen LogP contribution is 2.40. The molecule has 0 spiro atoms. The van der Waals surface area contributed by atoms with E-state index < -0.39 is 0 Å². The van der Waals surface area contributed by atoms with Gasteiger partial charge in [-0.1, -0.05) is 18.9 Å². The Balaban J connectivity index is 2.10. The summed E-state index contributed by atoms with van der Waals surface area (Å²) in [5.41, 5.74) is 2.92. The number of rotatable bonds is 4. The van der Waals surface area contributed by atoms with E-state index in [1.807, 2.05) is 23.9 Å². The molecule has 1 N–H and O–H groups in total. The Hall–Kier alpha value is -1.14.